The number of oxazole rings is 1. The Hall–Kier alpha value is -2.36. The van der Waals surface area contributed by atoms with Gasteiger partial charge in [-0.1, -0.05) is 18.2 Å². The van der Waals surface area contributed by atoms with Crippen molar-refractivity contribution < 1.29 is 4.42 Å². The van der Waals surface area contributed by atoms with Crippen LogP contribution in [-0.4, -0.2) is 16.5 Å². The van der Waals surface area contributed by atoms with Crippen LogP contribution in [0.4, 0.5) is 5.69 Å². The fourth-order valence-corrected chi connectivity index (χ4v) is 2.44. The summed E-state index contributed by atoms with van der Waals surface area (Å²) in [5.74, 6) is 0.913. The molecule has 1 aliphatic heterocycles. The van der Waals surface area contributed by atoms with E-state index in [0.717, 1.165) is 23.7 Å². The first kappa shape index (κ1) is 9.65. The Balaban J connectivity index is 1.85. The lowest BCUT2D eigenvalue weighted by molar-refractivity contribution is 0.512. The number of hydrogen-bond acceptors (Lipinski definition) is 4. The van der Waals surface area contributed by atoms with Crippen molar-refractivity contribution in [2.45, 2.75) is 5.92 Å². The fraction of sp³-hybridized carbons (Fsp3) is 0.143. The molecular formula is C14H11N3O. The van der Waals surface area contributed by atoms with Crippen LogP contribution < -0.4 is 5.32 Å². The molecule has 0 saturated heterocycles. The van der Waals surface area contributed by atoms with E-state index in [0.29, 0.717) is 5.65 Å². The molecule has 18 heavy (non-hydrogen) atoms. The van der Waals surface area contributed by atoms with Crippen LogP contribution in [-0.2, 0) is 0 Å². The van der Waals surface area contributed by atoms with E-state index in [4.69, 9.17) is 4.42 Å². The largest absolute Gasteiger partial charge is 0.438 e. The number of pyridine rings is 1. The zero-order valence-corrected chi connectivity index (χ0v) is 9.63. The molecule has 3 heterocycles. The van der Waals surface area contributed by atoms with Gasteiger partial charge in [-0.25, -0.2) is 4.98 Å². The van der Waals surface area contributed by atoms with Crippen molar-refractivity contribution >= 4 is 16.9 Å². The molecule has 2 aromatic heterocycles. The van der Waals surface area contributed by atoms with Gasteiger partial charge in [0, 0.05) is 18.4 Å². The maximum atomic E-state index is 5.80. The summed E-state index contributed by atoms with van der Waals surface area (Å²) in [5.41, 5.74) is 3.83. The number of aromatic nitrogens is 2. The van der Waals surface area contributed by atoms with E-state index in [1.807, 2.05) is 24.3 Å². The van der Waals surface area contributed by atoms with Gasteiger partial charge < -0.3 is 9.73 Å². The van der Waals surface area contributed by atoms with Crippen LogP contribution >= 0.6 is 0 Å². The average Bonchev–Trinajstić information content (AvgIpc) is 3.02. The predicted octanol–water partition coefficient (Wildman–Crippen LogP) is 2.78. The number of hydrogen-bond donors (Lipinski definition) is 1. The highest BCUT2D eigenvalue weighted by Crippen LogP contribution is 2.36. The molecule has 4 rings (SSSR count). The van der Waals surface area contributed by atoms with E-state index in [-0.39, 0.29) is 5.92 Å². The Morgan fingerprint density at radius 1 is 1.17 bits per heavy atom. The molecule has 0 spiro atoms. The first-order valence-corrected chi connectivity index (χ1v) is 5.96. The second-order valence-corrected chi connectivity index (χ2v) is 4.40. The molecule has 0 bridgehead atoms. The number of rotatable bonds is 1. The molecule has 1 unspecified atom stereocenters. The second kappa shape index (κ2) is 3.57. The van der Waals surface area contributed by atoms with Crippen LogP contribution in [0.25, 0.3) is 11.2 Å². The summed E-state index contributed by atoms with van der Waals surface area (Å²) in [6, 6.07) is 12.0. The molecule has 1 atom stereocenters. The first-order valence-electron chi connectivity index (χ1n) is 5.96. The highest BCUT2D eigenvalue weighted by atomic mass is 16.3. The minimum Gasteiger partial charge on any atom is -0.438 e. The Kier molecular flexibility index (Phi) is 1.91. The van der Waals surface area contributed by atoms with E-state index in [2.05, 4.69) is 27.4 Å². The monoisotopic (exact) mass is 237 g/mol. The number of nitrogens with one attached hydrogen (secondary N) is 1. The van der Waals surface area contributed by atoms with Gasteiger partial charge in [0.25, 0.3) is 0 Å². The smallest absolute Gasteiger partial charge is 0.206 e. The summed E-state index contributed by atoms with van der Waals surface area (Å²) in [5, 5.41) is 3.37. The van der Waals surface area contributed by atoms with Crippen LogP contribution in [0.5, 0.6) is 0 Å². The molecule has 4 heteroatoms. The molecule has 0 fully saturated rings. The van der Waals surface area contributed by atoms with Crippen molar-refractivity contribution in [1.29, 1.82) is 0 Å². The van der Waals surface area contributed by atoms with Gasteiger partial charge in [-0.2, -0.15) is 4.98 Å². The summed E-state index contributed by atoms with van der Waals surface area (Å²) in [4.78, 5) is 8.68. The summed E-state index contributed by atoms with van der Waals surface area (Å²) in [7, 11) is 0. The highest BCUT2D eigenvalue weighted by Gasteiger charge is 2.27. The highest BCUT2D eigenvalue weighted by molar-refractivity contribution is 5.68. The van der Waals surface area contributed by atoms with Gasteiger partial charge in [-0.05, 0) is 23.8 Å². The molecule has 1 N–H and O–H groups in total. The van der Waals surface area contributed by atoms with Crippen molar-refractivity contribution in [2.75, 3.05) is 11.9 Å². The molecular weight excluding hydrogens is 226 g/mol. The second-order valence-electron chi connectivity index (χ2n) is 4.40. The number of fused-ring (bicyclic) bond motifs is 2. The average molecular weight is 237 g/mol. The van der Waals surface area contributed by atoms with Crippen LogP contribution in [0, 0.1) is 0 Å². The van der Waals surface area contributed by atoms with Crippen molar-refractivity contribution in [3.8, 4) is 0 Å². The number of nitrogens with zero attached hydrogens (tertiary/aromatic N) is 2. The van der Waals surface area contributed by atoms with Crippen molar-refractivity contribution in [3.63, 3.8) is 0 Å². The van der Waals surface area contributed by atoms with Gasteiger partial charge in [0.05, 0.1) is 5.92 Å². The Morgan fingerprint density at radius 2 is 2.11 bits per heavy atom. The SMILES string of the molecule is c1ccc2c(c1)NCC2c1nc2ncccc2o1. The minimum atomic E-state index is 0.176. The van der Waals surface area contributed by atoms with Crippen molar-refractivity contribution in [1.82, 2.24) is 9.97 Å². The summed E-state index contributed by atoms with van der Waals surface area (Å²) in [6.07, 6.45) is 1.73. The Bertz CT molecular complexity index is 687. The molecule has 1 aromatic carbocycles. The van der Waals surface area contributed by atoms with E-state index < -0.39 is 0 Å². The zero-order chi connectivity index (χ0) is 11.9. The Labute approximate surface area is 104 Å². The van der Waals surface area contributed by atoms with Gasteiger partial charge in [-0.15, -0.1) is 0 Å². The molecule has 4 nitrogen and oxygen atoms in total. The van der Waals surface area contributed by atoms with Crippen LogP contribution in [0.15, 0.2) is 47.0 Å². The van der Waals surface area contributed by atoms with E-state index >= 15 is 0 Å². The van der Waals surface area contributed by atoms with Gasteiger partial charge in [0.1, 0.15) is 0 Å². The van der Waals surface area contributed by atoms with Gasteiger partial charge in [0.2, 0.25) is 5.89 Å². The molecule has 0 amide bonds. The van der Waals surface area contributed by atoms with E-state index in [1.54, 1.807) is 6.20 Å². The lowest BCUT2D eigenvalue weighted by Gasteiger charge is -2.03. The van der Waals surface area contributed by atoms with Crippen LogP contribution in [0.2, 0.25) is 0 Å². The Morgan fingerprint density at radius 3 is 3.06 bits per heavy atom. The molecule has 3 aromatic rings. The van der Waals surface area contributed by atoms with E-state index in [9.17, 15) is 0 Å². The van der Waals surface area contributed by atoms with Crippen LogP contribution in [0.3, 0.4) is 0 Å². The third-order valence-electron chi connectivity index (χ3n) is 3.31. The number of para-hydroxylation sites is 1. The minimum absolute atomic E-state index is 0.176. The third kappa shape index (κ3) is 1.32. The normalized spacial score (nSPS) is 17.7. The van der Waals surface area contributed by atoms with E-state index in [1.165, 1.54) is 5.56 Å². The first-order chi connectivity index (χ1) is 8.92. The maximum absolute atomic E-state index is 5.80. The number of benzene rings is 1. The lowest BCUT2D eigenvalue weighted by atomic mass is 10.0. The summed E-state index contributed by atoms with van der Waals surface area (Å²) in [6.45, 7) is 0.826. The zero-order valence-electron chi connectivity index (χ0n) is 9.63. The summed E-state index contributed by atoms with van der Waals surface area (Å²) < 4.78 is 5.80. The quantitative estimate of drug-likeness (QED) is 0.707. The fourth-order valence-electron chi connectivity index (χ4n) is 2.44. The van der Waals surface area contributed by atoms with Gasteiger partial charge in [0.15, 0.2) is 11.2 Å². The van der Waals surface area contributed by atoms with Crippen LogP contribution in [0.1, 0.15) is 17.4 Å². The standard InChI is InChI=1S/C14H11N3O/c1-2-5-11-9(4-1)10(8-16-11)14-17-13-12(18-14)6-3-7-15-13/h1-7,10,16H,8H2. The molecule has 0 saturated carbocycles. The lowest BCUT2D eigenvalue weighted by Crippen LogP contribution is -2.03. The molecule has 88 valence electrons. The number of anilines is 1. The van der Waals surface area contributed by atoms with Gasteiger partial charge in [-0.3, -0.25) is 0 Å². The third-order valence-corrected chi connectivity index (χ3v) is 3.31. The maximum Gasteiger partial charge on any atom is 0.206 e. The molecule has 0 radical (unpaired) electrons. The van der Waals surface area contributed by atoms with Gasteiger partial charge >= 0.3 is 0 Å². The van der Waals surface area contributed by atoms with Crippen molar-refractivity contribution in [2.24, 2.45) is 0 Å². The molecule has 0 aliphatic carbocycles. The summed E-state index contributed by atoms with van der Waals surface area (Å²) >= 11 is 0. The molecule has 1 aliphatic rings. The predicted molar refractivity (Wildman–Crippen MR) is 68.6 cm³/mol. The van der Waals surface area contributed by atoms with Crippen molar-refractivity contribution in [3.05, 3.63) is 54.0 Å². The topological polar surface area (TPSA) is 51.0 Å².